The third-order valence-corrected chi connectivity index (χ3v) is 2.39. The summed E-state index contributed by atoms with van der Waals surface area (Å²) in [5.41, 5.74) is 2.46. The van der Waals surface area contributed by atoms with Gasteiger partial charge < -0.3 is 9.67 Å². The highest BCUT2D eigenvalue weighted by molar-refractivity contribution is 5.80. The van der Waals surface area contributed by atoms with Crippen LogP contribution in [0.1, 0.15) is 12.5 Å². The number of fused-ring (bicyclic) bond motifs is 1. The minimum atomic E-state index is -0.299. The van der Waals surface area contributed by atoms with Crippen LogP contribution in [0.15, 0.2) is 30.5 Å². The third-order valence-electron chi connectivity index (χ3n) is 2.39. The van der Waals surface area contributed by atoms with E-state index in [2.05, 4.69) is 35.8 Å². The standard InChI is InChI=1S/C12H15NO/c1-9-3-4-12-11(7-9)5-6-13(12)8-10(2)14/h3-7,10,14H,8H2,1-2H3. The Kier molecular flexibility index (Phi) is 2.30. The number of hydrogen-bond acceptors (Lipinski definition) is 1. The van der Waals surface area contributed by atoms with Crippen molar-refractivity contribution in [3.05, 3.63) is 36.0 Å². The molecule has 74 valence electrons. The lowest BCUT2D eigenvalue weighted by atomic mass is 10.2. The second-order valence-corrected chi connectivity index (χ2v) is 3.88. The monoisotopic (exact) mass is 189 g/mol. The van der Waals surface area contributed by atoms with Crippen LogP contribution in [-0.2, 0) is 6.54 Å². The smallest absolute Gasteiger partial charge is 0.0691 e. The molecule has 2 nitrogen and oxygen atoms in total. The summed E-state index contributed by atoms with van der Waals surface area (Å²) in [4.78, 5) is 0. The normalized spacial score (nSPS) is 13.4. The zero-order valence-corrected chi connectivity index (χ0v) is 8.57. The first-order valence-corrected chi connectivity index (χ1v) is 4.90. The zero-order valence-electron chi connectivity index (χ0n) is 8.57. The fourth-order valence-electron chi connectivity index (χ4n) is 1.76. The summed E-state index contributed by atoms with van der Waals surface area (Å²) in [6, 6.07) is 8.45. The number of aromatic nitrogens is 1. The summed E-state index contributed by atoms with van der Waals surface area (Å²) >= 11 is 0. The molecule has 1 aromatic carbocycles. The lowest BCUT2D eigenvalue weighted by Crippen LogP contribution is -2.10. The van der Waals surface area contributed by atoms with Crippen molar-refractivity contribution in [2.24, 2.45) is 0 Å². The maximum Gasteiger partial charge on any atom is 0.0691 e. The van der Waals surface area contributed by atoms with Crippen LogP contribution in [0, 0.1) is 6.92 Å². The van der Waals surface area contributed by atoms with Gasteiger partial charge in [-0.15, -0.1) is 0 Å². The van der Waals surface area contributed by atoms with Gasteiger partial charge in [-0.05, 0) is 37.4 Å². The lowest BCUT2D eigenvalue weighted by molar-refractivity contribution is 0.175. The molecule has 2 aromatic rings. The van der Waals surface area contributed by atoms with Gasteiger partial charge in [0, 0.05) is 18.3 Å². The average Bonchev–Trinajstić information content (AvgIpc) is 2.47. The van der Waals surface area contributed by atoms with Crippen LogP contribution in [0.25, 0.3) is 10.9 Å². The van der Waals surface area contributed by atoms with Crippen molar-refractivity contribution in [3.8, 4) is 0 Å². The fourth-order valence-corrected chi connectivity index (χ4v) is 1.76. The van der Waals surface area contributed by atoms with Gasteiger partial charge in [0.2, 0.25) is 0 Å². The van der Waals surface area contributed by atoms with Gasteiger partial charge in [-0.3, -0.25) is 0 Å². The van der Waals surface area contributed by atoms with Crippen LogP contribution in [0.3, 0.4) is 0 Å². The Labute approximate surface area is 83.8 Å². The van der Waals surface area contributed by atoms with E-state index in [-0.39, 0.29) is 6.10 Å². The summed E-state index contributed by atoms with van der Waals surface area (Å²) in [5.74, 6) is 0. The zero-order chi connectivity index (χ0) is 10.1. The van der Waals surface area contributed by atoms with E-state index < -0.39 is 0 Å². The molecule has 0 bridgehead atoms. The Morgan fingerprint density at radius 3 is 2.86 bits per heavy atom. The first kappa shape index (κ1) is 9.28. The molecule has 0 saturated carbocycles. The van der Waals surface area contributed by atoms with E-state index in [1.54, 1.807) is 6.92 Å². The van der Waals surface area contributed by atoms with Gasteiger partial charge >= 0.3 is 0 Å². The Balaban J connectivity index is 2.47. The van der Waals surface area contributed by atoms with Crippen LogP contribution in [-0.4, -0.2) is 15.8 Å². The average molecular weight is 189 g/mol. The fraction of sp³-hybridized carbons (Fsp3) is 0.333. The summed E-state index contributed by atoms with van der Waals surface area (Å²) < 4.78 is 2.08. The van der Waals surface area contributed by atoms with Gasteiger partial charge in [0.15, 0.2) is 0 Å². The Bertz CT molecular complexity index is 443. The minimum absolute atomic E-state index is 0.299. The summed E-state index contributed by atoms with van der Waals surface area (Å²) in [7, 11) is 0. The molecule has 0 radical (unpaired) electrons. The van der Waals surface area contributed by atoms with Gasteiger partial charge in [0.05, 0.1) is 6.10 Å². The molecule has 2 rings (SSSR count). The Hall–Kier alpha value is -1.28. The van der Waals surface area contributed by atoms with Gasteiger partial charge in [0.25, 0.3) is 0 Å². The van der Waals surface area contributed by atoms with Gasteiger partial charge in [-0.2, -0.15) is 0 Å². The molecule has 1 N–H and O–H groups in total. The van der Waals surface area contributed by atoms with Crippen LogP contribution >= 0.6 is 0 Å². The molecule has 1 aromatic heterocycles. The molecule has 0 amide bonds. The highest BCUT2D eigenvalue weighted by Gasteiger charge is 2.02. The van der Waals surface area contributed by atoms with Gasteiger partial charge in [-0.25, -0.2) is 0 Å². The maximum absolute atomic E-state index is 9.32. The molecular formula is C12H15NO. The molecule has 0 aliphatic carbocycles. The van der Waals surface area contributed by atoms with Gasteiger partial charge in [0.1, 0.15) is 0 Å². The number of aliphatic hydroxyl groups is 1. The van der Waals surface area contributed by atoms with Crippen molar-refractivity contribution in [2.75, 3.05) is 0 Å². The van der Waals surface area contributed by atoms with Crippen LogP contribution < -0.4 is 0 Å². The van der Waals surface area contributed by atoms with Crippen molar-refractivity contribution < 1.29 is 5.11 Å². The van der Waals surface area contributed by atoms with E-state index in [1.165, 1.54) is 16.5 Å². The molecule has 0 fully saturated rings. The Morgan fingerprint density at radius 2 is 2.14 bits per heavy atom. The molecule has 1 heterocycles. The molecule has 0 spiro atoms. The molecule has 1 unspecified atom stereocenters. The summed E-state index contributed by atoms with van der Waals surface area (Å²) in [6.07, 6.45) is 1.73. The van der Waals surface area contributed by atoms with E-state index in [4.69, 9.17) is 0 Å². The van der Waals surface area contributed by atoms with Crippen LogP contribution in [0.2, 0.25) is 0 Å². The topological polar surface area (TPSA) is 25.2 Å². The number of nitrogens with zero attached hydrogens (tertiary/aromatic N) is 1. The Morgan fingerprint density at radius 1 is 1.36 bits per heavy atom. The van der Waals surface area contributed by atoms with E-state index in [0.29, 0.717) is 6.54 Å². The quantitative estimate of drug-likeness (QED) is 0.770. The van der Waals surface area contributed by atoms with Crippen LogP contribution in [0.4, 0.5) is 0 Å². The molecule has 2 heteroatoms. The largest absolute Gasteiger partial charge is 0.392 e. The van der Waals surface area contributed by atoms with Gasteiger partial charge in [-0.1, -0.05) is 11.6 Å². The maximum atomic E-state index is 9.32. The molecule has 0 aliphatic heterocycles. The molecular weight excluding hydrogens is 174 g/mol. The SMILES string of the molecule is Cc1ccc2c(ccn2CC(C)O)c1. The number of aryl methyl sites for hydroxylation is 1. The van der Waals surface area contributed by atoms with Crippen molar-refractivity contribution in [1.82, 2.24) is 4.57 Å². The predicted molar refractivity (Wildman–Crippen MR) is 58.4 cm³/mol. The predicted octanol–water partition coefficient (Wildman–Crippen LogP) is 2.33. The molecule has 14 heavy (non-hydrogen) atoms. The number of rotatable bonds is 2. The first-order chi connectivity index (χ1) is 6.66. The number of benzene rings is 1. The summed E-state index contributed by atoms with van der Waals surface area (Å²) in [5, 5.41) is 10.6. The van der Waals surface area contributed by atoms with E-state index in [9.17, 15) is 5.11 Å². The van der Waals surface area contributed by atoms with E-state index >= 15 is 0 Å². The second kappa shape index (κ2) is 3.46. The minimum Gasteiger partial charge on any atom is -0.392 e. The third kappa shape index (κ3) is 1.66. The van der Waals surface area contributed by atoms with Crippen molar-refractivity contribution in [2.45, 2.75) is 26.5 Å². The van der Waals surface area contributed by atoms with Crippen molar-refractivity contribution in [3.63, 3.8) is 0 Å². The van der Waals surface area contributed by atoms with Crippen molar-refractivity contribution >= 4 is 10.9 Å². The first-order valence-electron chi connectivity index (χ1n) is 4.90. The number of hydrogen-bond donors (Lipinski definition) is 1. The number of aliphatic hydroxyl groups excluding tert-OH is 1. The van der Waals surface area contributed by atoms with Crippen LogP contribution in [0.5, 0.6) is 0 Å². The second-order valence-electron chi connectivity index (χ2n) is 3.88. The molecule has 0 aliphatic rings. The van der Waals surface area contributed by atoms with E-state index in [0.717, 1.165) is 0 Å². The highest BCUT2D eigenvalue weighted by Crippen LogP contribution is 2.17. The summed E-state index contributed by atoms with van der Waals surface area (Å²) in [6.45, 7) is 4.55. The highest BCUT2D eigenvalue weighted by atomic mass is 16.3. The molecule has 0 saturated heterocycles. The van der Waals surface area contributed by atoms with E-state index in [1.807, 2.05) is 6.20 Å². The molecule has 1 atom stereocenters. The lowest BCUT2D eigenvalue weighted by Gasteiger charge is -2.07. The van der Waals surface area contributed by atoms with Crippen molar-refractivity contribution in [1.29, 1.82) is 0 Å².